The second kappa shape index (κ2) is 9.26. The summed E-state index contributed by atoms with van der Waals surface area (Å²) in [5.74, 6) is -3.60. The average molecular weight is 318 g/mol. The third-order valence-electron chi connectivity index (χ3n) is 3.77. The quantitative estimate of drug-likeness (QED) is 0.409. The van der Waals surface area contributed by atoms with Crippen LogP contribution < -0.4 is 69.3 Å². The molecule has 1 aliphatic rings. The van der Waals surface area contributed by atoms with Crippen molar-refractivity contribution in [2.24, 2.45) is 11.8 Å². The van der Waals surface area contributed by atoms with E-state index in [1.54, 1.807) is 13.8 Å². The number of fused-ring (bicyclic) bond motifs is 1. The van der Waals surface area contributed by atoms with Gasteiger partial charge in [-0.2, -0.15) is 0 Å². The Hall–Kier alpha value is -0.1000. The molecule has 0 bridgehead atoms. The van der Waals surface area contributed by atoms with Gasteiger partial charge < -0.3 is 19.8 Å². The largest absolute Gasteiger partial charge is 1.00 e. The fourth-order valence-corrected chi connectivity index (χ4v) is 2.92. The van der Waals surface area contributed by atoms with Crippen LogP contribution in [0.1, 0.15) is 25.0 Å². The van der Waals surface area contributed by atoms with E-state index in [2.05, 4.69) is 0 Å². The molecule has 106 valence electrons. The van der Waals surface area contributed by atoms with Crippen molar-refractivity contribution < 1.29 is 78.9 Å². The summed E-state index contributed by atoms with van der Waals surface area (Å²) >= 11 is 0. The molecule has 2 rings (SSSR count). The van der Waals surface area contributed by atoms with Crippen molar-refractivity contribution in [2.45, 2.75) is 26.7 Å². The van der Waals surface area contributed by atoms with E-state index in [-0.39, 0.29) is 76.2 Å². The SMILES string of the molecule is CC(C)C(C(=O)[O-])=C(C(=O)[O-])C1Cc2ccccc2C1.[Na+].[Na+]. The number of rotatable bonds is 4. The first kappa shape index (κ1) is 21.9. The summed E-state index contributed by atoms with van der Waals surface area (Å²) in [7, 11) is 0. The van der Waals surface area contributed by atoms with Gasteiger partial charge in [0.1, 0.15) is 0 Å². The van der Waals surface area contributed by atoms with Gasteiger partial charge in [-0.1, -0.05) is 38.1 Å². The van der Waals surface area contributed by atoms with Crippen molar-refractivity contribution in [2.75, 3.05) is 0 Å². The molecule has 4 nitrogen and oxygen atoms in total. The van der Waals surface area contributed by atoms with Gasteiger partial charge in [0.2, 0.25) is 0 Å². The van der Waals surface area contributed by atoms with Crippen LogP contribution in [0.2, 0.25) is 0 Å². The van der Waals surface area contributed by atoms with Crippen LogP contribution in [0, 0.1) is 11.8 Å². The standard InChI is InChI=1S/C16H18O4.2Na/c1-9(2)13(15(17)18)14(16(19)20)12-7-10-5-3-4-6-11(10)8-12;;/h3-6,9,12H,7-8H2,1-2H3,(H,17,18)(H,19,20);;/q;2*+1/p-2. The Morgan fingerprint density at radius 3 is 1.77 bits per heavy atom. The van der Waals surface area contributed by atoms with Gasteiger partial charge in [-0.15, -0.1) is 0 Å². The minimum absolute atomic E-state index is 0. The number of carboxylic acids is 2. The van der Waals surface area contributed by atoms with Crippen LogP contribution in [0.3, 0.4) is 0 Å². The number of hydrogen-bond acceptors (Lipinski definition) is 4. The second-order valence-electron chi connectivity index (χ2n) is 5.43. The summed E-state index contributed by atoms with van der Waals surface area (Å²) in [5, 5.41) is 22.7. The van der Waals surface area contributed by atoms with E-state index in [4.69, 9.17) is 0 Å². The first-order valence-corrected chi connectivity index (χ1v) is 6.65. The van der Waals surface area contributed by atoms with Crippen molar-refractivity contribution in [3.8, 4) is 0 Å². The van der Waals surface area contributed by atoms with Gasteiger partial charge in [0, 0.05) is 0 Å². The molecule has 0 N–H and O–H groups in total. The summed E-state index contributed by atoms with van der Waals surface area (Å²) in [6, 6.07) is 7.67. The van der Waals surface area contributed by atoms with Crippen molar-refractivity contribution in [3.05, 3.63) is 46.5 Å². The molecule has 0 unspecified atom stereocenters. The van der Waals surface area contributed by atoms with Gasteiger partial charge in [0.25, 0.3) is 0 Å². The summed E-state index contributed by atoms with van der Waals surface area (Å²) in [4.78, 5) is 22.7. The molecule has 0 amide bonds. The van der Waals surface area contributed by atoms with Crippen molar-refractivity contribution >= 4 is 11.9 Å². The van der Waals surface area contributed by atoms with Crippen LogP contribution >= 0.6 is 0 Å². The molecule has 1 aromatic carbocycles. The summed E-state index contributed by atoms with van der Waals surface area (Å²) in [6.07, 6.45) is 1.06. The van der Waals surface area contributed by atoms with Gasteiger partial charge in [-0.05, 0) is 47.0 Å². The number of carbonyl (C=O) groups excluding carboxylic acids is 2. The Kier molecular flexibility index (Phi) is 9.22. The van der Waals surface area contributed by atoms with Crippen LogP contribution in [0.25, 0.3) is 0 Å². The van der Waals surface area contributed by atoms with Gasteiger partial charge in [-0.25, -0.2) is 0 Å². The van der Waals surface area contributed by atoms with Crippen LogP contribution in [0.4, 0.5) is 0 Å². The Morgan fingerprint density at radius 1 is 1.00 bits per heavy atom. The Bertz CT molecular complexity index is 569. The fourth-order valence-electron chi connectivity index (χ4n) is 2.92. The third kappa shape index (κ3) is 4.70. The van der Waals surface area contributed by atoms with Crippen LogP contribution in [0.5, 0.6) is 0 Å². The molecule has 0 spiro atoms. The summed E-state index contributed by atoms with van der Waals surface area (Å²) in [5.41, 5.74) is 1.87. The maximum atomic E-state index is 11.4. The van der Waals surface area contributed by atoms with E-state index in [1.807, 2.05) is 24.3 Å². The van der Waals surface area contributed by atoms with E-state index in [0.717, 1.165) is 11.1 Å². The minimum atomic E-state index is -1.42. The Labute approximate surface area is 174 Å². The Morgan fingerprint density at radius 2 is 1.45 bits per heavy atom. The molecule has 0 saturated carbocycles. The molecule has 22 heavy (non-hydrogen) atoms. The first-order chi connectivity index (χ1) is 9.41. The number of carboxylic acid groups (broad SMARTS) is 2. The van der Waals surface area contributed by atoms with Gasteiger partial charge in [0.15, 0.2) is 0 Å². The van der Waals surface area contributed by atoms with E-state index >= 15 is 0 Å². The molecule has 0 heterocycles. The second-order valence-corrected chi connectivity index (χ2v) is 5.43. The summed E-state index contributed by atoms with van der Waals surface area (Å²) in [6.45, 7) is 3.30. The predicted molar refractivity (Wildman–Crippen MR) is 69.2 cm³/mol. The molecule has 0 saturated heterocycles. The number of hydrogen-bond donors (Lipinski definition) is 0. The van der Waals surface area contributed by atoms with Gasteiger partial charge >= 0.3 is 59.1 Å². The normalized spacial score (nSPS) is 14.5. The smallest absolute Gasteiger partial charge is 0.545 e. The van der Waals surface area contributed by atoms with E-state index in [1.165, 1.54) is 0 Å². The molecule has 1 aromatic rings. The fraction of sp³-hybridized carbons (Fsp3) is 0.375. The number of carbonyl (C=O) groups is 2. The van der Waals surface area contributed by atoms with Crippen molar-refractivity contribution in [1.29, 1.82) is 0 Å². The maximum Gasteiger partial charge on any atom is 1.00 e. The molecular weight excluding hydrogens is 302 g/mol. The molecule has 1 aliphatic carbocycles. The van der Waals surface area contributed by atoms with E-state index in [0.29, 0.717) is 12.8 Å². The van der Waals surface area contributed by atoms with Gasteiger partial charge in [0.05, 0.1) is 11.9 Å². The molecule has 0 aromatic heterocycles. The van der Waals surface area contributed by atoms with Crippen molar-refractivity contribution in [1.82, 2.24) is 0 Å². The van der Waals surface area contributed by atoms with E-state index < -0.39 is 17.9 Å². The molecular formula is C16H16Na2O4. The first-order valence-electron chi connectivity index (χ1n) is 6.65. The topological polar surface area (TPSA) is 80.3 Å². The summed E-state index contributed by atoms with van der Waals surface area (Å²) < 4.78 is 0. The zero-order valence-corrected chi connectivity index (χ0v) is 17.5. The molecule has 6 heteroatoms. The molecule has 0 fully saturated rings. The maximum absolute atomic E-state index is 11.4. The number of aliphatic carboxylic acids is 2. The average Bonchev–Trinajstić information content (AvgIpc) is 2.77. The molecule has 0 atom stereocenters. The minimum Gasteiger partial charge on any atom is -0.545 e. The molecule has 0 radical (unpaired) electrons. The number of benzene rings is 1. The van der Waals surface area contributed by atoms with Crippen LogP contribution in [-0.2, 0) is 22.4 Å². The zero-order valence-electron chi connectivity index (χ0n) is 13.5. The van der Waals surface area contributed by atoms with Crippen molar-refractivity contribution in [3.63, 3.8) is 0 Å². The Balaban J connectivity index is 0.00000220. The van der Waals surface area contributed by atoms with Gasteiger partial charge in [-0.3, -0.25) is 0 Å². The van der Waals surface area contributed by atoms with Crippen LogP contribution in [0.15, 0.2) is 35.4 Å². The monoisotopic (exact) mass is 318 g/mol. The predicted octanol–water partition coefficient (Wildman–Crippen LogP) is -6.14. The zero-order chi connectivity index (χ0) is 14.9. The molecule has 0 aliphatic heterocycles. The van der Waals surface area contributed by atoms with E-state index in [9.17, 15) is 19.8 Å². The third-order valence-corrected chi connectivity index (χ3v) is 3.77. The van der Waals surface area contributed by atoms with Crippen LogP contribution in [-0.4, -0.2) is 11.9 Å².